The van der Waals surface area contributed by atoms with Gasteiger partial charge in [-0.1, -0.05) is 36.2 Å². The number of nitrogens with zero attached hydrogens (tertiary/aromatic N) is 3. The number of anilines is 2. The van der Waals surface area contributed by atoms with Crippen molar-refractivity contribution in [2.24, 2.45) is 0 Å². The SMILES string of the molecule is CCCC(=O)N1CCN(c2ccc(Cl)cc2NC(=O)/C=C/c2ccc(Cl)c([N+](=O)[O-])c2)CC1. The molecule has 1 saturated heterocycles. The van der Waals surface area contributed by atoms with Gasteiger partial charge in [-0.2, -0.15) is 0 Å². The Morgan fingerprint density at radius 1 is 1.12 bits per heavy atom. The predicted octanol–water partition coefficient (Wildman–Crippen LogP) is 5.00. The number of nitro groups is 1. The van der Waals surface area contributed by atoms with E-state index in [0.717, 1.165) is 12.1 Å². The third-order valence-corrected chi connectivity index (χ3v) is 5.80. The van der Waals surface area contributed by atoms with E-state index >= 15 is 0 Å². The van der Waals surface area contributed by atoms with Gasteiger partial charge in [-0.15, -0.1) is 0 Å². The van der Waals surface area contributed by atoms with Crippen LogP contribution >= 0.6 is 23.2 Å². The van der Waals surface area contributed by atoms with E-state index in [-0.39, 0.29) is 16.6 Å². The molecule has 2 aromatic carbocycles. The first-order chi connectivity index (χ1) is 15.8. The Morgan fingerprint density at radius 3 is 2.52 bits per heavy atom. The van der Waals surface area contributed by atoms with Gasteiger partial charge in [0.05, 0.1) is 16.3 Å². The molecule has 33 heavy (non-hydrogen) atoms. The van der Waals surface area contributed by atoms with Crippen LogP contribution in [-0.4, -0.2) is 47.8 Å². The summed E-state index contributed by atoms with van der Waals surface area (Å²) >= 11 is 12.0. The van der Waals surface area contributed by atoms with Crippen LogP contribution in [0.5, 0.6) is 0 Å². The van der Waals surface area contributed by atoms with Gasteiger partial charge in [-0.05, 0) is 42.3 Å². The monoisotopic (exact) mass is 490 g/mol. The molecule has 1 aliphatic rings. The molecule has 174 valence electrons. The summed E-state index contributed by atoms with van der Waals surface area (Å²) in [6, 6.07) is 9.57. The fraction of sp³-hybridized carbons (Fsp3) is 0.304. The summed E-state index contributed by atoms with van der Waals surface area (Å²) in [6.45, 7) is 4.50. The maximum atomic E-state index is 12.6. The fourth-order valence-electron chi connectivity index (χ4n) is 3.57. The molecule has 1 fully saturated rings. The summed E-state index contributed by atoms with van der Waals surface area (Å²) in [5.41, 5.74) is 1.60. The Kier molecular flexibility index (Phi) is 8.30. The summed E-state index contributed by atoms with van der Waals surface area (Å²) in [4.78, 5) is 39.1. The van der Waals surface area contributed by atoms with E-state index in [0.29, 0.717) is 48.9 Å². The molecule has 0 atom stereocenters. The first-order valence-corrected chi connectivity index (χ1v) is 11.3. The van der Waals surface area contributed by atoms with E-state index in [1.54, 1.807) is 18.2 Å². The lowest BCUT2D eigenvalue weighted by Crippen LogP contribution is -2.48. The number of benzene rings is 2. The highest BCUT2D eigenvalue weighted by Crippen LogP contribution is 2.30. The Balaban J connectivity index is 1.70. The quantitative estimate of drug-likeness (QED) is 0.334. The maximum Gasteiger partial charge on any atom is 0.288 e. The van der Waals surface area contributed by atoms with Crippen LogP contribution in [0.15, 0.2) is 42.5 Å². The molecule has 1 N–H and O–H groups in total. The van der Waals surface area contributed by atoms with Crippen molar-refractivity contribution in [2.45, 2.75) is 19.8 Å². The summed E-state index contributed by atoms with van der Waals surface area (Å²) in [6.07, 6.45) is 4.13. The van der Waals surface area contributed by atoms with Gasteiger partial charge in [-0.25, -0.2) is 0 Å². The largest absolute Gasteiger partial charge is 0.366 e. The molecule has 2 aromatic rings. The summed E-state index contributed by atoms with van der Waals surface area (Å²) < 4.78 is 0. The topological polar surface area (TPSA) is 95.8 Å². The van der Waals surface area contributed by atoms with E-state index in [4.69, 9.17) is 23.2 Å². The summed E-state index contributed by atoms with van der Waals surface area (Å²) in [5.74, 6) is -0.248. The predicted molar refractivity (Wildman–Crippen MR) is 131 cm³/mol. The first kappa shape index (κ1) is 24.5. The molecule has 2 amide bonds. The number of nitrogens with one attached hydrogen (secondary N) is 1. The lowest BCUT2D eigenvalue weighted by atomic mass is 10.1. The van der Waals surface area contributed by atoms with Gasteiger partial charge in [0.1, 0.15) is 5.02 Å². The van der Waals surface area contributed by atoms with Gasteiger partial charge in [0, 0.05) is 49.8 Å². The number of hydrogen-bond acceptors (Lipinski definition) is 5. The number of hydrogen-bond donors (Lipinski definition) is 1. The van der Waals surface area contributed by atoms with Gasteiger partial charge in [0.15, 0.2) is 0 Å². The number of carbonyl (C=O) groups excluding carboxylic acids is 2. The molecular formula is C23H24Cl2N4O4. The van der Waals surface area contributed by atoms with Crippen LogP contribution in [0.1, 0.15) is 25.3 Å². The molecule has 0 aromatic heterocycles. The minimum Gasteiger partial charge on any atom is -0.366 e. The number of piperazine rings is 1. The Hall–Kier alpha value is -3.10. The molecule has 0 spiro atoms. The van der Waals surface area contributed by atoms with Crippen molar-refractivity contribution < 1.29 is 14.5 Å². The third-order valence-electron chi connectivity index (χ3n) is 5.25. The molecule has 8 nitrogen and oxygen atoms in total. The van der Waals surface area contributed by atoms with Crippen LogP contribution in [0, 0.1) is 10.1 Å². The number of carbonyl (C=O) groups is 2. The molecule has 0 unspecified atom stereocenters. The molecular weight excluding hydrogens is 467 g/mol. The van der Waals surface area contributed by atoms with Gasteiger partial charge in [0.25, 0.3) is 5.69 Å². The average molecular weight is 491 g/mol. The highest BCUT2D eigenvalue weighted by atomic mass is 35.5. The number of amides is 2. The van der Waals surface area contributed by atoms with Gasteiger partial charge >= 0.3 is 0 Å². The standard InChI is InChI=1S/C23H24Cl2N4O4/c1-2-3-23(31)28-12-10-27(11-13-28)20-8-6-17(24)15-19(20)26-22(30)9-5-16-4-7-18(25)21(14-16)29(32)33/h4-9,14-15H,2-3,10-13H2,1H3,(H,26,30)/b9-5+. The number of rotatable bonds is 7. The van der Waals surface area contributed by atoms with Crippen LogP contribution in [0.4, 0.5) is 17.1 Å². The Labute approximate surface area is 201 Å². The molecule has 10 heteroatoms. The second-order valence-electron chi connectivity index (χ2n) is 7.57. The second-order valence-corrected chi connectivity index (χ2v) is 8.41. The van der Waals surface area contributed by atoms with Crippen molar-refractivity contribution in [3.8, 4) is 0 Å². The normalized spacial score (nSPS) is 13.9. The van der Waals surface area contributed by atoms with Crippen LogP contribution in [0.3, 0.4) is 0 Å². The highest BCUT2D eigenvalue weighted by Gasteiger charge is 2.22. The highest BCUT2D eigenvalue weighted by molar-refractivity contribution is 6.32. The van der Waals surface area contributed by atoms with E-state index < -0.39 is 10.8 Å². The molecule has 1 aliphatic heterocycles. The van der Waals surface area contributed by atoms with E-state index in [1.165, 1.54) is 24.3 Å². The van der Waals surface area contributed by atoms with E-state index in [1.807, 2.05) is 17.9 Å². The van der Waals surface area contributed by atoms with Gasteiger partial charge in [-0.3, -0.25) is 19.7 Å². The molecule has 0 radical (unpaired) electrons. The molecule has 1 heterocycles. The van der Waals surface area contributed by atoms with Crippen LogP contribution in [0.25, 0.3) is 6.08 Å². The molecule has 3 rings (SSSR count). The Bertz CT molecular complexity index is 1080. The van der Waals surface area contributed by atoms with Crippen LogP contribution in [-0.2, 0) is 9.59 Å². The summed E-state index contributed by atoms with van der Waals surface area (Å²) in [7, 11) is 0. The molecule has 0 bridgehead atoms. The zero-order valence-electron chi connectivity index (χ0n) is 18.1. The van der Waals surface area contributed by atoms with Crippen molar-refractivity contribution in [2.75, 3.05) is 36.4 Å². The third kappa shape index (κ3) is 6.46. The second kappa shape index (κ2) is 11.2. The van der Waals surface area contributed by atoms with E-state index in [2.05, 4.69) is 10.2 Å². The minimum absolute atomic E-state index is 0.0293. The fourth-order valence-corrected chi connectivity index (χ4v) is 3.93. The molecule has 0 aliphatic carbocycles. The lowest BCUT2D eigenvalue weighted by Gasteiger charge is -2.37. The van der Waals surface area contributed by atoms with Gasteiger partial charge in [0.2, 0.25) is 11.8 Å². The van der Waals surface area contributed by atoms with Crippen molar-refractivity contribution in [3.63, 3.8) is 0 Å². The summed E-state index contributed by atoms with van der Waals surface area (Å²) in [5, 5.41) is 14.4. The first-order valence-electron chi connectivity index (χ1n) is 10.5. The zero-order valence-corrected chi connectivity index (χ0v) is 19.6. The lowest BCUT2D eigenvalue weighted by molar-refractivity contribution is -0.384. The van der Waals surface area contributed by atoms with E-state index in [9.17, 15) is 19.7 Å². The van der Waals surface area contributed by atoms with Crippen molar-refractivity contribution in [1.29, 1.82) is 0 Å². The Morgan fingerprint density at radius 2 is 1.85 bits per heavy atom. The number of nitro benzene ring substituents is 1. The van der Waals surface area contributed by atoms with Crippen LogP contribution in [0.2, 0.25) is 10.0 Å². The number of halogens is 2. The van der Waals surface area contributed by atoms with Crippen molar-refractivity contribution >= 4 is 58.2 Å². The average Bonchev–Trinajstić information content (AvgIpc) is 2.79. The maximum absolute atomic E-state index is 12.6. The molecule has 0 saturated carbocycles. The van der Waals surface area contributed by atoms with Crippen molar-refractivity contribution in [3.05, 3.63) is 68.2 Å². The van der Waals surface area contributed by atoms with Crippen molar-refractivity contribution in [1.82, 2.24) is 4.90 Å². The van der Waals surface area contributed by atoms with Crippen LogP contribution < -0.4 is 10.2 Å². The van der Waals surface area contributed by atoms with Gasteiger partial charge < -0.3 is 15.1 Å². The minimum atomic E-state index is -0.576. The smallest absolute Gasteiger partial charge is 0.288 e. The zero-order chi connectivity index (χ0) is 24.0.